The van der Waals surface area contributed by atoms with Crippen molar-refractivity contribution >= 4 is 17.5 Å². The van der Waals surface area contributed by atoms with Gasteiger partial charge in [0.15, 0.2) is 0 Å². The molecule has 2 aromatic carbocycles. The Hall–Kier alpha value is -4.11. The number of allylic oxidation sites excluding steroid dienone is 2. The molecule has 1 aromatic heterocycles. The minimum Gasteiger partial charge on any atom is -0.335 e. The fraction of sp³-hybridized carbons (Fsp3) is 0.312. The van der Waals surface area contributed by atoms with Crippen molar-refractivity contribution in [3.05, 3.63) is 113 Å². The number of hydrogen-bond donors (Lipinski definition) is 1. The van der Waals surface area contributed by atoms with Crippen LogP contribution in [0.5, 0.6) is 0 Å². The zero-order valence-electron chi connectivity index (χ0n) is 22.7. The third kappa shape index (κ3) is 4.78. The Labute approximate surface area is 236 Å². The van der Waals surface area contributed by atoms with Crippen molar-refractivity contribution in [2.75, 3.05) is 31.1 Å². The standard InChI is InChI=1S/C32H31F3N4O2/c1-31(32(33,34)35)19-23(11-13-26(31)22-7-3-2-4-8-22)29(40)39-21-25-12-14-28(30(41)37-17-15-36-16-18-37)38(25)20-24-9-5-6-10-27(24)39/h2-14,19,26,36H,15-18,20-21H2,1H3. The van der Waals surface area contributed by atoms with Crippen molar-refractivity contribution in [1.29, 1.82) is 0 Å². The van der Waals surface area contributed by atoms with E-state index in [1.54, 1.807) is 42.5 Å². The third-order valence-corrected chi connectivity index (χ3v) is 8.46. The number of aromatic nitrogens is 1. The van der Waals surface area contributed by atoms with Crippen LogP contribution in [-0.4, -0.2) is 53.6 Å². The van der Waals surface area contributed by atoms with Crippen LogP contribution in [0.2, 0.25) is 0 Å². The largest absolute Gasteiger partial charge is 0.398 e. The van der Waals surface area contributed by atoms with Crippen molar-refractivity contribution in [2.45, 2.75) is 32.1 Å². The Kier molecular flexibility index (Phi) is 6.85. The molecular formula is C32H31F3N4O2. The first kappa shape index (κ1) is 27.1. The molecule has 1 saturated heterocycles. The van der Waals surface area contributed by atoms with E-state index >= 15 is 0 Å². The van der Waals surface area contributed by atoms with Crippen LogP contribution in [0.4, 0.5) is 18.9 Å². The number of amides is 2. The minimum atomic E-state index is -4.59. The van der Waals surface area contributed by atoms with Crippen molar-refractivity contribution in [3.63, 3.8) is 0 Å². The third-order valence-electron chi connectivity index (χ3n) is 8.46. The molecular weight excluding hydrogens is 529 g/mol. The molecule has 2 atom stereocenters. The molecule has 9 heteroatoms. The monoisotopic (exact) mass is 560 g/mol. The second kappa shape index (κ2) is 10.4. The number of piperazine rings is 1. The van der Waals surface area contributed by atoms with E-state index in [0.29, 0.717) is 36.6 Å². The van der Waals surface area contributed by atoms with E-state index in [9.17, 15) is 22.8 Å². The summed E-state index contributed by atoms with van der Waals surface area (Å²) < 4.78 is 45.8. The number of carbonyl (C=O) groups excluding carboxylic acids is 2. The Bertz CT molecular complexity index is 1540. The van der Waals surface area contributed by atoms with Gasteiger partial charge in [-0.3, -0.25) is 9.59 Å². The molecule has 2 amide bonds. The van der Waals surface area contributed by atoms with E-state index in [1.807, 2.05) is 33.7 Å². The Balaban J connectivity index is 1.37. The summed E-state index contributed by atoms with van der Waals surface area (Å²) in [5, 5.41) is 3.25. The molecule has 3 aliphatic rings. The maximum Gasteiger partial charge on any atom is 0.398 e. The maximum atomic E-state index is 14.6. The molecule has 6 nitrogen and oxygen atoms in total. The smallest absolute Gasteiger partial charge is 0.335 e. The number of nitrogens with zero attached hydrogens (tertiary/aromatic N) is 3. The fourth-order valence-electron chi connectivity index (χ4n) is 6.08. The molecule has 1 N–H and O–H groups in total. The molecule has 1 aliphatic carbocycles. The van der Waals surface area contributed by atoms with E-state index in [0.717, 1.165) is 37.3 Å². The number of hydrogen-bond acceptors (Lipinski definition) is 3. The highest BCUT2D eigenvalue weighted by atomic mass is 19.4. The minimum absolute atomic E-state index is 0.0102. The van der Waals surface area contributed by atoms with Crippen LogP contribution in [0.1, 0.15) is 40.2 Å². The second-order valence-corrected chi connectivity index (χ2v) is 11.0. The quantitative estimate of drug-likeness (QED) is 0.475. The molecule has 41 heavy (non-hydrogen) atoms. The molecule has 3 heterocycles. The topological polar surface area (TPSA) is 57.6 Å². The van der Waals surface area contributed by atoms with E-state index < -0.39 is 23.4 Å². The summed E-state index contributed by atoms with van der Waals surface area (Å²) >= 11 is 0. The number of rotatable bonds is 3. The van der Waals surface area contributed by atoms with Gasteiger partial charge in [0.2, 0.25) is 0 Å². The van der Waals surface area contributed by atoms with E-state index in [2.05, 4.69) is 5.32 Å². The highest BCUT2D eigenvalue weighted by molar-refractivity contribution is 6.08. The molecule has 0 bridgehead atoms. The number of alkyl halides is 3. The van der Waals surface area contributed by atoms with Crippen LogP contribution in [-0.2, 0) is 17.9 Å². The molecule has 0 saturated carbocycles. The highest BCUT2D eigenvalue weighted by Crippen LogP contribution is 2.52. The molecule has 1 fully saturated rings. The summed E-state index contributed by atoms with van der Waals surface area (Å²) in [6.07, 6.45) is -0.501. The Morgan fingerprint density at radius 3 is 2.34 bits per heavy atom. The van der Waals surface area contributed by atoms with Crippen molar-refractivity contribution in [2.24, 2.45) is 5.41 Å². The van der Waals surface area contributed by atoms with E-state index in [-0.39, 0.29) is 18.0 Å². The van der Waals surface area contributed by atoms with Gasteiger partial charge in [0, 0.05) is 49.1 Å². The molecule has 0 spiro atoms. The van der Waals surface area contributed by atoms with Gasteiger partial charge in [0.1, 0.15) is 5.69 Å². The SMILES string of the molecule is CC1(C(F)(F)F)C=C(C(=O)N2Cc3ccc(C(=O)N4CCNCC4)n3Cc3ccccc32)C=CC1c1ccccc1. The van der Waals surface area contributed by atoms with Crippen LogP contribution in [0.15, 0.2) is 90.5 Å². The first-order chi connectivity index (χ1) is 19.7. The van der Waals surface area contributed by atoms with Crippen molar-refractivity contribution < 1.29 is 22.8 Å². The lowest BCUT2D eigenvalue weighted by Crippen LogP contribution is -2.46. The first-order valence-corrected chi connectivity index (χ1v) is 13.8. The van der Waals surface area contributed by atoms with Gasteiger partial charge in [-0.05, 0) is 36.2 Å². The second-order valence-electron chi connectivity index (χ2n) is 11.0. The molecule has 2 aliphatic heterocycles. The van der Waals surface area contributed by atoms with E-state index in [4.69, 9.17) is 0 Å². The lowest BCUT2D eigenvalue weighted by molar-refractivity contribution is -0.204. The molecule has 2 unspecified atom stereocenters. The molecule has 6 rings (SSSR count). The molecule has 0 radical (unpaired) electrons. The van der Waals surface area contributed by atoms with Gasteiger partial charge in [0.05, 0.1) is 18.5 Å². The summed E-state index contributed by atoms with van der Waals surface area (Å²) in [5.41, 5.74) is 0.964. The van der Waals surface area contributed by atoms with Gasteiger partial charge < -0.3 is 19.7 Å². The predicted molar refractivity (Wildman–Crippen MR) is 151 cm³/mol. The summed E-state index contributed by atoms with van der Waals surface area (Å²) in [7, 11) is 0. The van der Waals surface area contributed by atoms with Crippen molar-refractivity contribution in [1.82, 2.24) is 14.8 Å². The van der Waals surface area contributed by atoms with Gasteiger partial charge in [0.25, 0.3) is 11.8 Å². The average Bonchev–Trinajstić information content (AvgIpc) is 3.29. The lowest BCUT2D eigenvalue weighted by Gasteiger charge is -2.38. The fourth-order valence-corrected chi connectivity index (χ4v) is 6.08. The van der Waals surface area contributed by atoms with Gasteiger partial charge in [-0.1, -0.05) is 66.8 Å². The zero-order valence-corrected chi connectivity index (χ0v) is 22.7. The van der Waals surface area contributed by atoms with Gasteiger partial charge in [-0.15, -0.1) is 0 Å². The van der Waals surface area contributed by atoms with Crippen LogP contribution in [0.3, 0.4) is 0 Å². The number of carbonyl (C=O) groups is 2. The normalized spacial score (nSPS) is 22.4. The van der Waals surface area contributed by atoms with Crippen molar-refractivity contribution in [3.8, 4) is 0 Å². The van der Waals surface area contributed by atoms with Gasteiger partial charge >= 0.3 is 6.18 Å². The van der Waals surface area contributed by atoms with Gasteiger partial charge in [-0.2, -0.15) is 13.2 Å². The van der Waals surface area contributed by atoms with Crippen LogP contribution in [0, 0.1) is 5.41 Å². The number of nitrogens with one attached hydrogen (secondary N) is 1. The predicted octanol–water partition coefficient (Wildman–Crippen LogP) is 5.28. The average molecular weight is 561 g/mol. The number of halogens is 3. The van der Waals surface area contributed by atoms with Crippen LogP contribution >= 0.6 is 0 Å². The summed E-state index contributed by atoms with van der Waals surface area (Å²) in [4.78, 5) is 30.8. The first-order valence-electron chi connectivity index (χ1n) is 13.8. The van der Waals surface area contributed by atoms with E-state index in [1.165, 1.54) is 17.1 Å². The number of para-hydroxylation sites is 1. The van der Waals surface area contributed by atoms with Gasteiger partial charge in [-0.25, -0.2) is 0 Å². The molecule has 212 valence electrons. The molecule has 3 aromatic rings. The van der Waals surface area contributed by atoms with Crippen LogP contribution < -0.4 is 10.2 Å². The maximum absolute atomic E-state index is 14.6. The zero-order chi connectivity index (χ0) is 28.8. The highest BCUT2D eigenvalue weighted by Gasteiger charge is 2.55. The number of benzene rings is 2. The number of fused-ring (bicyclic) bond motifs is 2. The Morgan fingerprint density at radius 2 is 1.61 bits per heavy atom. The summed E-state index contributed by atoms with van der Waals surface area (Å²) in [6.45, 7) is 4.34. The summed E-state index contributed by atoms with van der Waals surface area (Å²) in [5.74, 6) is -1.55. The Morgan fingerprint density at radius 1 is 0.902 bits per heavy atom. The summed E-state index contributed by atoms with van der Waals surface area (Å²) in [6, 6.07) is 19.5. The van der Waals surface area contributed by atoms with Crippen LogP contribution in [0.25, 0.3) is 0 Å². The number of anilines is 1. The lowest BCUT2D eigenvalue weighted by atomic mass is 9.69.